The van der Waals surface area contributed by atoms with Crippen LogP contribution in [-0.2, 0) is 11.2 Å². The van der Waals surface area contributed by atoms with E-state index in [9.17, 15) is 4.79 Å². The summed E-state index contributed by atoms with van der Waals surface area (Å²) < 4.78 is 0. The van der Waals surface area contributed by atoms with Crippen LogP contribution in [0.1, 0.15) is 42.5 Å². The minimum absolute atomic E-state index is 0.00822. The molecule has 9 nitrogen and oxygen atoms in total. The second kappa shape index (κ2) is 10.5. The van der Waals surface area contributed by atoms with Gasteiger partial charge in [-0.25, -0.2) is 9.97 Å². The largest absolute Gasteiger partial charge is 0.382 e. The van der Waals surface area contributed by atoms with Gasteiger partial charge in [0.2, 0.25) is 5.95 Å². The standard InChI is InChI=1S/C26H27ClN8OS/c1-2-30-20(36)6-4-16-3-5-17-14-26(23(28)18(17)13-16)8-11-35(12-9-26)25-32-15-21(33-34-25)37-19-7-10-31-24(29)22(19)27/h3,5,7,10,13,15,23H,2,8-9,11-12,14,28H2,1H3,(H2,29,31)(H,30,36)/t23-/m1/s1. The highest BCUT2D eigenvalue weighted by Crippen LogP contribution is 2.51. The van der Waals surface area contributed by atoms with E-state index in [1.165, 1.54) is 17.3 Å². The molecule has 37 heavy (non-hydrogen) atoms. The normalized spacial score (nSPS) is 17.7. The average Bonchev–Trinajstić information content (AvgIpc) is 3.17. The average molecular weight is 535 g/mol. The number of hydrogen-bond donors (Lipinski definition) is 3. The number of rotatable bonds is 4. The van der Waals surface area contributed by atoms with Gasteiger partial charge in [-0.1, -0.05) is 35.3 Å². The number of benzene rings is 1. The molecule has 2 aliphatic rings. The Morgan fingerprint density at radius 3 is 2.81 bits per heavy atom. The lowest BCUT2D eigenvalue weighted by Crippen LogP contribution is -2.45. The van der Waals surface area contributed by atoms with Gasteiger partial charge < -0.3 is 21.7 Å². The topological polar surface area (TPSA) is 136 Å². The number of nitrogens with one attached hydrogen (secondary N) is 1. The lowest BCUT2D eigenvalue weighted by molar-refractivity contribution is -0.115. The summed E-state index contributed by atoms with van der Waals surface area (Å²) in [7, 11) is 0. The van der Waals surface area contributed by atoms with E-state index in [2.05, 4.69) is 48.3 Å². The third-order valence-electron chi connectivity index (χ3n) is 7.01. The second-order valence-corrected chi connectivity index (χ2v) is 10.7. The molecule has 1 amide bonds. The molecule has 1 aliphatic carbocycles. The summed E-state index contributed by atoms with van der Waals surface area (Å²) >= 11 is 7.58. The number of nitrogens with two attached hydrogens (primary N) is 2. The number of amides is 1. The Balaban J connectivity index is 1.23. The van der Waals surface area contributed by atoms with E-state index >= 15 is 0 Å². The van der Waals surface area contributed by atoms with Crippen molar-refractivity contribution in [2.45, 2.75) is 42.1 Å². The van der Waals surface area contributed by atoms with E-state index in [0.717, 1.165) is 48.4 Å². The molecular weight excluding hydrogens is 508 g/mol. The first-order chi connectivity index (χ1) is 17.9. The molecule has 0 saturated carbocycles. The van der Waals surface area contributed by atoms with Crippen molar-refractivity contribution in [3.05, 3.63) is 58.4 Å². The van der Waals surface area contributed by atoms with Crippen LogP contribution in [-0.4, -0.2) is 45.7 Å². The lowest BCUT2D eigenvalue weighted by Gasteiger charge is -2.42. The number of nitrogen functional groups attached to an aromatic ring is 1. The van der Waals surface area contributed by atoms with Gasteiger partial charge in [-0.05, 0) is 60.9 Å². The minimum atomic E-state index is -0.273. The number of piperidine rings is 1. The maximum Gasteiger partial charge on any atom is 0.296 e. The van der Waals surface area contributed by atoms with Crippen LogP contribution in [0, 0.1) is 17.3 Å². The molecule has 1 aliphatic heterocycles. The van der Waals surface area contributed by atoms with E-state index in [-0.39, 0.29) is 23.2 Å². The third-order valence-corrected chi connectivity index (χ3v) is 8.47. The van der Waals surface area contributed by atoms with Crippen LogP contribution in [0.3, 0.4) is 0 Å². The molecule has 190 valence electrons. The predicted octanol–water partition coefficient (Wildman–Crippen LogP) is 2.98. The van der Waals surface area contributed by atoms with Crippen LogP contribution in [0.25, 0.3) is 0 Å². The van der Waals surface area contributed by atoms with Crippen molar-refractivity contribution < 1.29 is 4.79 Å². The molecule has 5 N–H and O–H groups in total. The molecule has 1 fully saturated rings. The first-order valence-electron chi connectivity index (χ1n) is 12.1. The van der Waals surface area contributed by atoms with Crippen LogP contribution in [0.4, 0.5) is 11.8 Å². The molecule has 3 heterocycles. The van der Waals surface area contributed by atoms with Crippen molar-refractivity contribution in [2.24, 2.45) is 11.1 Å². The van der Waals surface area contributed by atoms with Gasteiger partial charge in [0.25, 0.3) is 5.91 Å². The van der Waals surface area contributed by atoms with E-state index in [1.54, 1.807) is 18.5 Å². The number of nitrogens with zero attached hydrogens (tertiary/aromatic N) is 5. The Morgan fingerprint density at radius 2 is 2.08 bits per heavy atom. The molecule has 2 aromatic heterocycles. The van der Waals surface area contributed by atoms with E-state index < -0.39 is 0 Å². The van der Waals surface area contributed by atoms with Gasteiger partial charge >= 0.3 is 0 Å². The van der Waals surface area contributed by atoms with Crippen molar-refractivity contribution in [3.63, 3.8) is 0 Å². The molecule has 0 unspecified atom stereocenters. The molecule has 1 spiro atoms. The predicted molar refractivity (Wildman–Crippen MR) is 144 cm³/mol. The van der Waals surface area contributed by atoms with Gasteiger partial charge in [0.05, 0.1) is 11.2 Å². The van der Waals surface area contributed by atoms with Crippen molar-refractivity contribution >= 4 is 41.0 Å². The van der Waals surface area contributed by atoms with Crippen molar-refractivity contribution in [1.82, 2.24) is 25.5 Å². The highest BCUT2D eigenvalue weighted by Gasteiger charge is 2.46. The Bertz CT molecular complexity index is 1380. The maximum atomic E-state index is 11.7. The molecule has 5 rings (SSSR count). The van der Waals surface area contributed by atoms with Crippen LogP contribution in [0.2, 0.25) is 5.02 Å². The number of fused-ring (bicyclic) bond motifs is 1. The summed E-state index contributed by atoms with van der Waals surface area (Å²) in [6, 6.07) is 7.82. The smallest absolute Gasteiger partial charge is 0.296 e. The molecule has 11 heteroatoms. The third kappa shape index (κ3) is 5.21. The van der Waals surface area contributed by atoms with Gasteiger partial charge in [-0.15, -0.1) is 10.2 Å². The number of carbonyl (C=O) groups is 1. The van der Waals surface area contributed by atoms with Crippen molar-refractivity contribution in [3.8, 4) is 11.8 Å². The zero-order valence-electron chi connectivity index (χ0n) is 20.4. The Morgan fingerprint density at radius 1 is 1.27 bits per heavy atom. The molecular formula is C26H27ClN8OS. The van der Waals surface area contributed by atoms with Gasteiger partial charge in [0.1, 0.15) is 10.8 Å². The maximum absolute atomic E-state index is 11.7. The fourth-order valence-electron chi connectivity index (χ4n) is 5.00. The zero-order valence-corrected chi connectivity index (χ0v) is 21.9. The summed E-state index contributed by atoms with van der Waals surface area (Å²) in [5.41, 5.74) is 15.8. The summed E-state index contributed by atoms with van der Waals surface area (Å²) in [6.45, 7) is 4.02. The summed E-state index contributed by atoms with van der Waals surface area (Å²) in [4.78, 5) is 23.1. The van der Waals surface area contributed by atoms with Gasteiger partial charge in [-0.2, -0.15) is 0 Å². The molecule has 1 saturated heterocycles. The number of carbonyl (C=O) groups excluding carboxylic acids is 1. The first kappa shape index (κ1) is 25.3. The minimum Gasteiger partial charge on any atom is -0.382 e. The molecule has 0 bridgehead atoms. The van der Waals surface area contributed by atoms with Gasteiger partial charge in [0, 0.05) is 48.3 Å². The summed E-state index contributed by atoms with van der Waals surface area (Å²) in [5, 5.41) is 12.4. The van der Waals surface area contributed by atoms with Crippen molar-refractivity contribution in [1.29, 1.82) is 0 Å². The molecule has 1 aromatic carbocycles. The Hall–Kier alpha value is -3.39. The van der Waals surface area contributed by atoms with Crippen LogP contribution >= 0.6 is 23.4 Å². The highest BCUT2D eigenvalue weighted by atomic mass is 35.5. The van der Waals surface area contributed by atoms with Crippen LogP contribution in [0.5, 0.6) is 0 Å². The van der Waals surface area contributed by atoms with E-state index in [0.29, 0.717) is 22.5 Å². The second-order valence-electron chi connectivity index (χ2n) is 9.23. The number of anilines is 2. The summed E-state index contributed by atoms with van der Waals surface area (Å²) in [6.07, 6.45) is 6.09. The monoisotopic (exact) mass is 534 g/mol. The van der Waals surface area contributed by atoms with E-state index in [1.807, 2.05) is 19.1 Å². The van der Waals surface area contributed by atoms with Crippen molar-refractivity contribution in [2.75, 3.05) is 30.3 Å². The van der Waals surface area contributed by atoms with Gasteiger partial charge in [-0.3, -0.25) is 4.79 Å². The number of hydrogen-bond acceptors (Lipinski definition) is 9. The quantitative estimate of drug-likeness (QED) is 0.431. The Kier molecular flexibility index (Phi) is 7.20. The first-order valence-corrected chi connectivity index (χ1v) is 13.3. The number of pyridine rings is 1. The molecule has 1 atom stereocenters. The van der Waals surface area contributed by atoms with Crippen LogP contribution < -0.4 is 21.7 Å². The SMILES string of the molecule is CCNC(=O)C#Cc1ccc2c(c1)[C@@H](N)C1(CCN(c3ncc(Sc4ccnc(N)c4Cl)nn3)CC1)C2. The van der Waals surface area contributed by atoms with Crippen LogP contribution in [0.15, 0.2) is 46.6 Å². The fraction of sp³-hybridized carbons (Fsp3) is 0.346. The van der Waals surface area contributed by atoms with Gasteiger partial charge in [0.15, 0.2) is 0 Å². The number of halogens is 1. The highest BCUT2D eigenvalue weighted by molar-refractivity contribution is 7.99. The molecule has 3 aromatic rings. The lowest BCUT2D eigenvalue weighted by atomic mass is 9.73. The Labute approximate surface area is 224 Å². The zero-order chi connectivity index (χ0) is 26.0. The fourth-order valence-corrected chi connectivity index (χ4v) is 5.96. The number of aromatic nitrogens is 4. The summed E-state index contributed by atoms with van der Waals surface area (Å²) in [5.74, 6) is 6.21. The molecule has 0 radical (unpaired) electrons. The van der Waals surface area contributed by atoms with E-state index in [4.69, 9.17) is 23.1 Å².